The van der Waals surface area contributed by atoms with E-state index in [9.17, 15) is 4.79 Å². The van der Waals surface area contributed by atoms with Crippen LogP contribution in [0.5, 0.6) is 0 Å². The molecule has 0 atom stereocenters. The summed E-state index contributed by atoms with van der Waals surface area (Å²) in [6.07, 6.45) is 0. The fourth-order valence-corrected chi connectivity index (χ4v) is 2.73. The maximum absolute atomic E-state index is 12.9. The first-order valence-corrected chi connectivity index (χ1v) is 8.02. The normalized spacial score (nSPS) is 15.3. The number of rotatable bonds is 5. The zero-order valence-corrected chi connectivity index (χ0v) is 13.2. The van der Waals surface area contributed by atoms with E-state index in [1.165, 1.54) is 0 Å². The molecule has 1 heterocycles. The smallest absolute Gasteiger partial charge is 0.241 e. The van der Waals surface area contributed by atoms with Gasteiger partial charge < -0.3 is 9.64 Å². The zero-order valence-electron chi connectivity index (χ0n) is 13.2. The lowest BCUT2D eigenvalue weighted by atomic mass is 10.2. The highest BCUT2D eigenvalue weighted by atomic mass is 16.5. The van der Waals surface area contributed by atoms with Gasteiger partial charge in [-0.15, -0.1) is 0 Å². The highest BCUT2D eigenvalue weighted by Crippen LogP contribution is 2.17. The van der Waals surface area contributed by atoms with Crippen molar-refractivity contribution in [2.24, 2.45) is 0 Å². The van der Waals surface area contributed by atoms with E-state index in [2.05, 4.69) is 17.0 Å². The number of carbonyl (C=O) groups excluding carboxylic acids is 1. The van der Waals surface area contributed by atoms with E-state index in [1.54, 1.807) is 0 Å². The Morgan fingerprint density at radius 3 is 2.22 bits per heavy atom. The van der Waals surface area contributed by atoms with Gasteiger partial charge in [0.1, 0.15) is 0 Å². The second-order valence-corrected chi connectivity index (χ2v) is 5.69. The van der Waals surface area contributed by atoms with Crippen molar-refractivity contribution in [3.63, 3.8) is 0 Å². The van der Waals surface area contributed by atoms with Crippen molar-refractivity contribution in [3.05, 3.63) is 66.2 Å². The quantitative estimate of drug-likeness (QED) is 0.851. The summed E-state index contributed by atoms with van der Waals surface area (Å²) in [4.78, 5) is 16.9. The van der Waals surface area contributed by atoms with Gasteiger partial charge in [0.15, 0.2) is 0 Å². The molecule has 1 fully saturated rings. The van der Waals surface area contributed by atoms with Crippen LogP contribution < -0.4 is 4.90 Å². The Morgan fingerprint density at radius 1 is 0.957 bits per heavy atom. The van der Waals surface area contributed by atoms with Gasteiger partial charge in [-0.1, -0.05) is 48.5 Å². The van der Waals surface area contributed by atoms with Crippen LogP contribution in [0.15, 0.2) is 60.7 Å². The molecule has 0 radical (unpaired) electrons. The summed E-state index contributed by atoms with van der Waals surface area (Å²) in [7, 11) is 0. The van der Waals surface area contributed by atoms with Crippen molar-refractivity contribution in [2.45, 2.75) is 6.54 Å². The molecule has 0 N–H and O–H groups in total. The van der Waals surface area contributed by atoms with Gasteiger partial charge >= 0.3 is 0 Å². The van der Waals surface area contributed by atoms with Gasteiger partial charge in [-0.05, 0) is 17.7 Å². The molecule has 2 aromatic rings. The minimum absolute atomic E-state index is 0.127. The first-order chi connectivity index (χ1) is 11.3. The Morgan fingerprint density at radius 2 is 1.57 bits per heavy atom. The standard InChI is InChI=1S/C19H22N2O2/c22-19(16-20-11-13-23-14-12-20)21(18-9-5-2-6-10-18)15-17-7-3-1-4-8-17/h1-10H,11-16H2. The van der Waals surface area contributed by atoms with E-state index in [0.717, 1.165) is 24.3 Å². The number of anilines is 1. The summed E-state index contributed by atoms with van der Waals surface area (Å²) >= 11 is 0. The van der Waals surface area contributed by atoms with Crippen LogP contribution in [0.4, 0.5) is 5.69 Å². The Hall–Kier alpha value is -2.17. The molecule has 1 saturated heterocycles. The van der Waals surface area contributed by atoms with Crippen LogP contribution in [0.25, 0.3) is 0 Å². The molecule has 0 aromatic heterocycles. The van der Waals surface area contributed by atoms with Gasteiger partial charge in [0.25, 0.3) is 0 Å². The summed E-state index contributed by atoms with van der Waals surface area (Å²) in [6.45, 7) is 4.08. The van der Waals surface area contributed by atoms with E-state index >= 15 is 0 Å². The largest absolute Gasteiger partial charge is 0.379 e. The molecule has 0 bridgehead atoms. The summed E-state index contributed by atoms with van der Waals surface area (Å²) in [5.41, 5.74) is 2.07. The molecular weight excluding hydrogens is 288 g/mol. The van der Waals surface area contributed by atoms with Gasteiger partial charge in [-0.25, -0.2) is 0 Å². The Kier molecular flexibility index (Phi) is 5.40. The minimum Gasteiger partial charge on any atom is -0.379 e. The van der Waals surface area contributed by atoms with Gasteiger partial charge in [-0.2, -0.15) is 0 Å². The molecule has 1 aliphatic rings. The molecule has 120 valence electrons. The average molecular weight is 310 g/mol. The maximum atomic E-state index is 12.9. The number of benzene rings is 2. The lowest BCUT2D eigenvalue weighted by Crippen LogP contribution is -2.44. The molecule has 4 nitrogen and oxygen atoms in total. The Labute approximate surface area is 137 Å². The predicted octanol–water partition coefficient (Wildman–Crippen LogP) is 2.55. The first-order valence-electron chi connectivity index (χ1n) is 8.02. The number of hydrogen-bond acceptors (Lipinski definition) is 3. The van der Waals surface area contributed by atoms with Crippen molar-refractivity contribution in [2.75, 3.05) is 37.7 Å². The van der Waals surface area contributed by atoms with E-state index < -0.39 is 0 Å². The summed E-state index contributed by atoms with van der Waals surface area (Å²) < 4.78 is 5.36. The number of amides is 1. The third-order valence-corrected chi connectivity index (χ3v) is 4.02. The van der Waals surface area contributed by atoms with Crippen molar-refractivity contribution in [1.82, 2.24) is 4.90 Å². The summed E-state index contributed by atoms with van der Waals surface area (Å²) in [6, 6.07) is 20.0. The van der Waals surface area contributed by atoms with Crippen LogP contribution in [-0.4, -0.2) is 43.7 Å². The Balaban J connectivity index is 1.75. The number of hydrogen-bond donors (Lipinski definition) is 0. The number of morpholine rings is 1. The second kappa shape index (κ2) is 7.90. The van der Waals surface area contributed by atoms with Crippen LogP contribution >= 0.6 is 0 Å². The molecule has 0 spiro atoms. The average Bonchev–Trinajstić information content (AvgIpc) is 2.62. The van der Waals surface area contributed by atoms with E-state index in [-0.39, 0.29) is 5.91 Å². The van der Waals surface area contributed by atoms with E-state index in [0.29, 0.717) is 26.3 Å². The number of ether oxygens (including phenoxy) is 1. The number of para-hydroxylation sites is 1. The molecule has 23 heavy (non-hydrogen) atoms. The van der Waals surface area contributed by atoms with Crippen LogP contribution in [0, 0.1) is 0 Å². The third-order valence-electron chi connectivity index (χ3n) is 4.02. The molecular formula is C19H22N2O2. The van der Waals surface area contributed by atoms with Crippen molar-refractivity contribution < 1.29 is 9.53 Å². The van der Waals surface area contributed by atoms with Gasteiger partial charge in [-0.3, -0.25) is 9.69 Å². The number of nitrogens with zero attached hydrogens (tertiary/aromatic N) is 2. The van der Waals surface area contributed by atoms with Gasteiger partial charge in [0.2, 0.25) is 5.91 Å². The first kappa shape index (κ1) is 15.7. The van der Waals surface area contributed by atoms with Crippen molar-refractivity contribution in [1.29, 1.82) is 0 Å². The fourth-order valence-electron chi connectivity index (χ4n) is 2.73. The molecule has 1 aliphatic heterocycles. The lowest BCUT2D eigenvalue weighted by molar-refractivity contribution is -0.120. The molecule has 1 amide bonds. The third kappa shape index (κ3) is 4.41. The molecule has 2 aromatic carbocycles. The lowest BCUT2D eigenvalue weighted by Gasteiger charge is -2.29. The van der Waals surface area contributed by atoms with Gasteiger partial charge in [0, 0.05) is 18.8 Å². The summed E-state index contributed by atoms with van der Waals surface area (Å²) in [5.74, 6) is 0.127. The SMILES string of the molecule is O=C(CN1CCOCC1)N(Cc1ccccc1)c1ccccc1. The molecule has 0 unspecified atom stereocenters. The van der Waals surface area contributed by atoms with Crippen LogP contribution in [-0.2, 0) is 16.1 Å². The summed E-state index contributed by atoms with van der Waals surface area (Å²) in [5, 5.41) is 0. The molecule has 3 rings (SSSR count). The monoisotopic (exact) mass is 310 g/mol. The predicted molar refractivity (Wildman–Crippen MR) is 91.3 cm³/mol. The maximum Gasteiger partial charge on any atom is 0.241 e. The topological polar surface area (TPSA) is 32.8 Å². The minimum atomic E-state index is 0.127. The van der Waals surface area contributed by atoms with E-state index in [1.807, 2.05) is 53.4 Å². The molecule has 0 saturated carbocycles. The molecule has 4 heteroatoms. The van der Waals surface area contributed by atoms with Crippen molar-refractivity contribution in [3.8, 4) is 0 Å². The molecule has 0 aliphatic carbocycles. The second-order valence-electron chi connectivity index (χ2n) is 5.69. The Bertz CT molecular complexity index is 610. The highest BCUT2D eigenvalue weighted by molar-refractivity contribution is 5.94. The van der Waals surface area contributed by atoms with Crippen LogP contribution in [0.3, 0.4) is 0 Å². The van der Waals surface area contributed by atoms with E-state index in [4.69, 9.17) is 4.74 Å². The zero-order chi connectivity index (χ0) is 15.9. The van der Waals surface area contributed by atoms with Crippen LogP contribution in [0.1, 0.15) is 5.56 Å². The number of carbonyl (C=O) groups is 1. The van der Waals surface area contributed by atoms with Gasteiger partial charge in [0.05, 0.1) is 26.3 Å². The highest BCUT2D eigenvalue weighted by Gasteiger charge is 2.20. The fraction of sp³-hybridized carbons (Fsp3) is 0.316. The van der Waals surface area contributed by atoms with Crippen LogP contribution in [0.2, 0.25) is 0 Å². The van der Waals surface area contributed by atoms with Crippen molar-refractivity contribution >= 4 is 11.6 Å².